The maximum Gasteiger partial charge on any atom is 0.326 e. The van der Waals surface area contributed by atoms with Gasteiger partial charge in [0.1, 0.15) is 6.04 Å². The third kappa shape index (κ3) is 2.51. The fourth-order valence-electron chi connectivity index (χ4n) is 1.59. The molecule has 84 valence electrons. The van der Waals surface area contributed by atoms with Gasteiger partial charge in [0, 0.05) is 12.7 Å². The molecule has 0 aliphatic carbocycles. The molecule has 16 heavy (non-hydrogen) atoms. The van der Waals surface area contributed by atoms with Crippen molar-refractivity contribution in [1.29, 1.82) is 5.26 Å². The maximum absolute atomic E-state index is 11.0. The van der Waals surface area contributed by atoms with Gasteiger partial charge in [-0.25, -0.2) is 4.79 Å². The highest BCUT2D eigenvalue weighted by atomic mass is 16.4. The number of nitriles is 1. The first-order chi connectivity index (χ1) is 7.60. The summed E-state index contributed by atoms with van der Waals surface area (Å²) in [5.74, 6) is -0.854. The molecule has 0 aliphatic rings. The molecule has 1 unspecified atom stereocenters. The molecular formula is C12H14N2O2. The Balaban J connectivity index is 2.99. The van der Waals surface area contributed by atoms with Crippen LogP contribution in [0.2, 0.25) is 0 Å². The third-order valence-electron chi connectivity index (χ3n) is 2.52. The zero-order chi connectivity index (χ0) is 12.1. The summed E-state index contributed by atoms with van der Waals surface area (Å²) in [6.45, 7) is 1.82. The molecule has 0 fully saturated rings. The summed E-state index contributed by atoms with van der Waals surface area (Å²) < 4.78 is 0. The standard InChI is InChI=1S/C12H14N2O2/c1-3-11(12(15)16)14(2)10-6-4-5-9(7-10)8-13/h4-7,11H,3H2,1-2H3,(H,15,16). The molecule has 4 nitrogen and oxygen atoms in total. The second kappa shape index (κ2) is 5.17. The summed E-state index contributed by atoms with van der Waals surface area (Å²) >= 11 is 0. The largest absolute Gasteiger partial charge is 0.480 e. The van der Waals surface area contributed by atoms with Gasteiger partial charge in [0.05, 0.1) is 11.6 Å². The van der Waals surface area contributed by atoms with Gasteiger partial charge < -0.3 is 10.0 Å². The number of benzene rings is 1. The Morgan fingerprint density at radius 2 is 2.31 bits per heavy atom. The Hall–Kier alpha value is -2.02. The van der Waals surface area contributed by atoms with Crippen LogP contribution < -0.4 is 4.90 Å². The van der Waals surface area contributed by atoms with Gasteiger partial charge in [-0.05, 0) is 24.6 Å². The molecule has 1 atom stereocenters. The summed E-state index contributed by atoms with van der Waals surface area (Å²) in [6, 6.07) is 8.40. The van der Waals surface area contributed by atoms with Gasteiger partial charge in [-0.2, -0.15) is 5.26 Å². The molecule has 0 saturated heterocycles. The molecule has 0 aromatic heterocycles. The van der Waals surface area contributed by atoms with Crippen molar-refractivity contribution < 1.29 is 9.90 Å². The van der Waals surface area contributed by atoms with E-state index in [1.165, 1.54) is 0 Å². The van der Waals surface area contributed by atoms with Crippen molar-refractivity contribution in [2.24, 2.45) is 0 Å². The van der Waals surface area contributed by atoms with Crippen molar-refractivity contribution in [3.8, 4) is 6.07 Å². The van der Waals surface area contributed by atoms with Crippen molar-refractivity contribution in [3.05, 3.63) is 29.8 Å². The number of anilines is 1. The van der Waals surface area contributed by atoms with E-state index < -0.39 is 12.0 Å². The zero-order valence-corrected chi connectivity index (χ0v) is 9.34. The minimum Gasteiger partial charge on any atom is -0.480 e. The molecule has 1 N–H and O–H groups in total. The molecule has 0 spiro atoms. The molecule has 0 amide bonds. The number of carbonyl (C=O) groups is 1. The molecule has 4 heteroatoms. The summed E-state index contributed by atoms with van der Waals surface area (Å²) in [4.78, 5) is 12.7. The Bertz CT molecular complexity index is 423. The van der Waals surface area contributed by atoms with Gasteiger partial charge >= 0.3 is 5.97 Å². The lowest BCUT2D eigenvalue weighted by Gasteiger charge is -2.25. The summed E-state index contributed by atoms with van der Waals surface area (Å²) in [5.41, 5.74) is 1.28. The van der Waals surface area contributed by atoms with Crippen LogP contribution >= 0.6 is 0 Å². The maximum atomic E-state index is 11.0. The number of hydrogen-bond donors (Lipinski definition) is 1. The predicted molar refractivity (Wildman–Crippen MR) is 61.3 cm³/mol. The number of carboxylic acid groups (broad SMARTS) is 1. The van der Waals surface area contributed by atoms with Crippen LogP contribution in [0.1, 0.15) is 18.9 Å². The lowest BCUT2D eigenvalue weighted by molar-refractivity contribution is -0.138. The molecule has 1 aromatic rings. The molecular weight excluding hydrogens is 204 g/mol. The number of rotatable bonds is 4. The summed E-state index contributed by atoms with van der Waals surface area (Å²) in [6.07, 6.45) is 0.516. The molecule has 0 saturated carbocycles. The normalized spacial score (nSPS) is 11.6. The van der Waals surface area contributed by atoms with Gasteiger partial charge in [-0.15, -0.1) is 0 Å². The first-order valence-electron chi connectivity index (χ1n) is 5.06. The van der Waals surface area contributed by atoms with E-state index in [1.54, 1.807) is 36.2 Å². The molecule has 0 radical (unpaired) electrons. The predicted octanol–water partition coefficient (Wildman–Crippen LogP) is 1.86. The van der Waals surface area contributed by atoms with Crippen LogP contribution in [-0.4, -0.2) is 24.2 Å². The number of aliphatic carboxylic acids is 1. The first kappa shape index (κ1) is 12.1. The van der Waals surface area contributed by atoms with Gasteiger partial charge in [0.25, 0.3) is 0 Å². The highest BCUT2D eigenvalue weighted by molar-refractivity contribution is 5.78. The number of likely N-dealkylation sites (N-methyl/N-ethyl adjacent to an activating group) is 1. The van der Waals surface area contributed by atoms with Gasteiger partial charge in [-0.1, -0.05) is 13.0 Å². The monoisotopic (exact) mass is 218 g/mol. The highest BCUT2D eigenvalue weighted by Crippen LogP contribution is 2.18. The SMILES string of the molecule is CCC(C(=O)O)N(C)c1cccc(C#N)c1. The van der Waals surface area contributed by atoms with E-state index in [9.17, 15) is 4.79 Å². The second-order valence-electron chi connectivity index (χ2n) is 3.54. The van der Waals surface area contributed by atoms with Crippen molar-refractivity contribution in [1.82, 2.24) is 0 Å². The molecule has 0 aliphatic heterocycles. The van der Waals surface area contributed by atoms with Crippen LogP contribution in [0.25, 0.3) is 0 Å². The number of carboxylic acids is 1. The molecule has 1 aromatic carbocycles. The second-order valence-corrected chi connectivity index (χ2v) is 3.54. The minimum absolute atomic E-state index is 0.516. The Labute approximate surface area is 94.7 Å². The number of hydrogen-bond acceptors (Lipinski definition) is 3. The summed E-state index contributed by atoms with van der Waals surface area (Å²) in [5, 5.41) is 17.8. The van der Waals surface area contributed by atoms with Crippen LogP contribution in [-0.2, 0) is 4.79 Å². The topological polar surface area (TPSA) is 64.3 Å². The van der Waals surface area contributed by atoms with E-state index in [-0.39, 0.29) is 0 Å². The Kier molecular flexibility index (Phi) is 3.90. The third-order valence-corrected chi connectivity index (χ3v) is 2.52. The van der Waals surface area contributed by atoms with Crippen LogP contribution in [0, 0.1) is 11.3 Å². The highest BCUT2D eigenvalue weighted by Gasteiger charge is 2.20. The zero-order valence-electron chi connectivity index (χ0n) is 9.34. The van der Waals surface area contributed by atoms with E-state index in [4.69, 9.17) is 10.4 Å². The lowest BCUT2D eigenvalue weighted by Crippen LogP contribution is -2.37. The van der Waals surface area contributed by atoms with Crippen molar-refractivity contribution >= 4 is 11.7 Å². The van der Waals surface area contributed by atoms with Crippen molar-refractivity contribution in [2.75, 3.05) is 11.9 Å². The van der Waals surface area contributed by atoms with E-state index in [0.29, 0.717) is 12.0 Å². The average molecular weight is 218 g/mol. The smallest absolute Gasteiger partial charge is 0.326 e. The van der Waals surface area contributed by atoms with Gasteiger partial charge in [-0.3, -0.25) is 0 Å². The van der Waals surface area contributed by atoms with E-state index in [1.807, 2.05) is 13.0 Å². The van der Waals surface area contributed by atoms with E-state index in [0.717, 1.165) is 5.69 Å². The van der Waals surface area contributed by atoms with E-state index in [2.05, 4.69) is 0 Å². The first-order valence-corrected chi connectivity index (χ1v) is 5.06. The van der Waals surface area contributed by atoms with Crippen LogP contribution in [0.3, 0.4) is 0 Å². The summed E-state index contributed by atoms with van der Waals surface area (Å²) in [7, 11) is 1.72. The minimum atomic E-state index is -0.854. The van der Waals surface area contributed by atoms with Crippen LogP contribution in [0.4, 0.5) is 5.69 Å². The van der Waals surface area contributed by atoms with Gasteiger partial charge in [0.2, 0.25) is 0 Å². The molecule has 0 heterocycles. The average Bonchev–Trinajstić information content (AvgIpc) is 2.29. The van der Waals surface area contributed by atoms with Crippen LogP contribution in [0.5, 0.6) is 0 Å². The van der Waals surface area contributed by atoms with Crippen molar-refractivity contribution in [2.45, 2.75) is 19.4 Å². The lowest BCUT2D eigenvalue weighted by atomic mass is 10.1. The fraction of sp³-hybridized carbons (Fsp3) is 0.333. The Morgan fingerprint density at radius 1 is 1.62 bits per heavy atom. The van der Waals surface area contributed by atoms with E-state index >= 15 is 0 Å². The molecule has 0 bridgehead atoms. The van der Waals surface area contributed by atoms with Crippen LogP contribution in [0.15, 0.2) is 24.3 Å². The Morgan fingerprint density at radius 3 is 2.81 bits per heavy atom. The fourth-order valence-corrected chi connectivity index (χ4v) is 1.59. The number of nitrogens with zero attached hydrogens (tertiary/aromatic N) is 2. The quantitative estimate of drug-likeness (QED) is 0.837. The van der Waals surface area contributed by atoms with Crippen molar-refractivity contribution in [3.63, 3.8) is 0 Å². The molecule has 1 rings (SSSR count). The van der Waals surface area contributed by atoms with Gasteiger partial charge in [0.15, 0.2) is 0 Å².